The number of rotatable bonds is 1. The Kier molecular flexibility index (Phi) is 3.04. The minimum Gasteiger partial charge on any atom is -0.356 e. The topological polar surface area (TPSA) is 41.9 Å². The molecule has 3 rings (SSSR count). The van der Waals surface area contributed by atoms with E-state index in [1.165, 1.54) is 0 Å². The van der Waals surface area contributed by atoms with Crippen molar-refractivity contribution in [2.24, 2.45) is 5.92 Å². The van der Waals surface area contributed by atoms with Gasteiger partial charge in [0.15, 0.2) is 5.65 Å². The highest BCUT2D eigenvalue weighted by Crippen LogP contribution is 2.25. The molecular formula is C13H15ClN4. The average molecular weight is 263 g/mol. The Bertz CT molecular complexity index is 559. The van der Waals surface area contributed by atoms with Gasteiger partial charge in [-0.05, 0) is 24.5 Å². The fraction of sp³-hybridized carbons (Fsp3) is 0.462. The fourth-order valence-corrected chi connectivity index (χ4v) is 2.52. The molecule has 0 amide bonds. The molecule has 2 aromatic rings. The van der Waals surface area contributed by atoms with Crippen molar-refractivity contribution in [1.29, 1.82) is 0 Å². The fourth-order valence-electron chi connectivity index (χ4n) is 2.35. The molecule has 1 aliphatic heterocycles. The SMILES string of the molecule is CC1CN(c2ccc3nccnc3n2)CCC1Cl. The van der Waals surface area contributed by atoms with Crippen molar-refractivity contribution in [2.75, 3.05) is 18.0 Å². The number of aromatic nitrogens is 3. The van der Waals surface area contributed by atoms with E-state index in [9.17, 15) is 0 Å². The lowest BCUT2D eigenvalue weighted by molar-refractivity contribution is 0.452. The average Bonchev–Trinajstić information content (AvgIpc) is 2.41. The van der Waals surface area contributed by atoms with Crippen molar-refractivity contribution >= 4 is 28.6 Å². The van der Waals surface area contributed by atoms with E-state index in [1.807, 2.05) is 12.1 Å². The second kappa shape index (κ2) is 4.69. The molecule has 94 valence electrons. The predicted octanol–water partition coefficient (Wildman–Crippen LogP) is 2.48. The van der Waals surface area contributed by atoms with Gasteiger partial charge in [-0.2, -0.15) is 0 Å². The van der Waals surface area contributed by atoms with Crippen LogP contribution in [0.15, 0.2) is 24.5 Å². The summed E-state index contributed by atoms with van der Waals surface area (Å²) in [5.74, 6) is 1.46. The summed E-state index contributed by atoms with van der Waals surface area (Å²) in [5, 5.41) is 0.279. The Hall–Kier alpha value is -1.42. The zero-order valence-electron chi connectivity index (χ0n) is 10.3. The van der Waals surface area contributed by atoms with Gasteiger partial charge in [0, 0.05) is 30.9 Å². The molecule has 2 atom stereocenters. The maximum atomic E-state index is 6.25. The molecule has 5 heteroatoms. The Morgan fingerprint density at radius 3 is 2.94 bits per heavy atom. The van der Waals surface area contributed by atoms with Crippen molar-refractivity contribution in [3.8, 4) is 0 Å². The highest BCUT2D eigenvalue weighted by molar-refractivity contribution is 6.20. The minimum atomic E-state index is 0.279. The van der Waals surface area contributed by atoms with Crippen molar-refractivity contribution < 1.29 is 0 Å². The van der Waals surface area contributed by atoms with E-state index >= 15 is 0 Å². The van der Waals surface area contributed by atoms with Gasteiger partial charge in [0.1, 0.15) is 11.3 Å². The number of piperidine rings is 1. The van der Waals surface area contributed by atoms with Crippen LogP contribution in [0.3, 0.4) is 0 Å². The molecule has 0 aromatic carbocycles. The van der Waals surface area contributed by atoms with Gasteiger partial charge >= 0.3 is 0 Å². The summed E-state index contributed by atoms with van der Waals surface area (Å²) in [6.45, 7) is 4.09. The highest BCUT2D eigenvalue weighted by Gasteiger charge is 2.25. The van der Waals surface area contributed by atoms with Gasteiger partial charge in [-0.1, -0.05) is 6.92 Å². The molecule has 1 aliphatic rings. The van der Waals surface area contributed by atoms with E-state index in [2.05, 4.69) is 26.8 Å². The molecular weight excluding hydrogens is 248 g/mol. The largest absolute Gasteiger partial charge is 0.356 e. The van der Waals surface area contributed by atoms with E-state index in [0.29, 0.717) is 11.6 Å². The second-order valence-electron chi connectivity index (χ2n) is 4.80. The van der Waals surface area contributed by atoms with Crippen molar-refractivity contribution in [2.45, 2.75) is 18.7 Å². The van der Waals surface area contributed by atoms with Crippen molar-refractivity contribution in [1.82, 2.24) is 15.0 Å². The highest BCUT2D eigenvalue weighted by atomic mass is 35.5. The number of anilines is 1. The van der Waals surface area contributed by atoms with Gasteiger partial charge in [0.05, 0.1) is 0 Å². The third-order valence-corrected chi connectivity index (χ3v) is 4.09. The quantitative estimate of drug-likeness (QED) is 0.741. The number of halogens is 1. The summed E-state index contributed by atoms with van der Waals surface area (Å²) < 4.78 is 0. The van der Waals surface area contributed by atoms with Crippen LogP contribution in [-0.4, -0.2) is 33.4 Å². The van der Waals surface area contributed by atoms with Crippen LogP contribution < -0.4 is 4.90 Å². The molecule has 0 radical (unpaired) electrons. The van der Waals surface area contributed by atoms with Crippen LogP contribution in [0.1, 0.15) is 13.3 Å². The third-order valence-electron chi connectivity index (χ3n) is 3.44. The van der Waals surface area contributed by atoms with E-state index in [-0.39, 0.29) is 5.38 Å². The summed E-state index contributed by atoms with van der Waals surface area (Å²) in [4.78, 5) is 15.3. The van der Waals surface area contributed by atoms with E-state index in [1.54, 1.807) is 12.4 Å². The minimum absolute atomic E-state index is 0.279. The zero-order chi connectivity index (χ0) is 12.5. The molecule has 2 aromatic heterocycles. The standard InChI is InChI=1S/C13H15ClN4/c1-9-8-18(7-4-10(9)14)12-3-2-11-13(17-12)16-6-5-15-11/h2-3,5-6,9-10H,4,7-8H2,1H3. The number of hydrogen-bond acceptors (Lipinski definition) is 4. The van der Waals surface area contributed by atoms with Gasteiger partial charge in [0.2, 0.25) is 0 Å². The Labute approximate surface area is 111 Å². The van der Waals surface area contributed by atoms with Crippen LogP contribution in [0.2, 0.25) is 0 Å². The van der Waals surface area contributed by atoms with Crippen LogP contribution >= 0.6 is 11.6 Å². The first-order valence-corrected chi connectivity index (χ1v) is 6.64. The van der Waals surface area contributed by atoms with Crippen LogP contribution in [-0.2, 0) is 0 Å². The molecule has 0 bridgehead atoms. The van der Waals surface area contributed by atoms with Gasteiger partial charge in [0.25, 0.3) is 0 Å². The lowest BCUT2D eigenvalue weighted by Gasteiger charge is -2.34. The first-order valence-electron chi connectivity index (χ1n) is 6.21. The summed E-state index contributed by atoms with van der Waals surface area (Å²) >= 11 is 6.25. The predicted molar refractivity (Wildman–Crippen MR) is 73.0 cm³/mol. The lowest BCUT2D eigenvalue weighted by atomic mass is 10.00. The summed E-state index contributed by atoms with van der Waals surface area (Å²) in [7, 11) is 0. The monoisotopic (exact) mass is 262 g/mol. The molecule has 0 spiro atoms. The number of nitrogens with zero attached hydrogens (tertiary/aromatic N) is 4. The maximum Gasteiger partial charge on any atom is 0.180 e. The molecule has 0 N–H and O–H groups in total. The second-order valence-corrected chi connectivity index (χ2v) is 5.36. The third kappa shape index (κ3) is 2.12. The van der Waals surface area contributed by atoms with Crippen molar-refractivity contribution in [3.63, 3.8) is 0 Å². The molecule has 2 unspecified atom stereocenters. The number of pyridine rings is 1. The number of hydrogen-bond donors (Lipinski definition) is 0. The zero-order valence-corrected chi connectivity index (χ0v) is 11.0. The first-order chi connectivity index (χ1) is 8.74. The maximum absolute atomic E-state index is 6.25. The molecule has 1 saturated heterocycles. The Morgan fingerprint density at radius 1 is 1.28 bits per heavy atom. The van der Waals surface area contributed by atoms with Crippen LogP contribution in [0.4, 0.5) is 5.82 Å². The first kappa shape index (κ1) is 11.7. The summed E-state index contributed by atoms with van der Waals surface area (Å²) in [5.41, 5.74) is 1.54. The molecule has 4 nitrogen and oxygen atoms in total. The van der Waals surface area contributed by atoms with Gasteiger partial charge < -0.3 is 4.90 Å². The summed E-state index contributed by atoms with van der Waals surface area (Å²) in [6, 6.07) is 3.99. The van der Waals surface area contributed by atoms with E-state index < -0.39 is 0 Å². The van der Waals surface area contributed by atoms with Crippen LogP contribution in [0, 0.1) is 5.92 Å². The van der Waals surface area contributed by atoms with E-state index in [4.69, 9.17) is 11.6 Å². The lowest BCUT2D eigenvalue weighted by Crippen LogP contribution is -2.40. The smallest absolute Gasteiger partial charge is 0.180 e. The number of fused-ring (bicyclic) bond motifs is 1. The normalized spacial score (nSPS) is 24.4. The van der Waals surface area contributed by atoms with Crippen LogP contribution in [0.25, 0.3) is 11.2 Å². The van der Waals surface area contributed by atoms with Gasteiger partial charge in [-0.25, -0.2) is 9.97 Å². The van der Waals surface area contributed by atoms with Gasteiger partial charge in [-0.3, -0.25) is 4.98 Å². The molecule has 0 saturated carbocycles. The Morgan fingerprint density at radius 2 is 2.11 bits per heavy atom. The molecule has 1 fully saturated rings. The summed E-state index contributed by atoms with van der Waals surface area (Å²) in [6.07, 6.45) is 4.36. The van der Waals surface area contributed by atoms with Crippen LogP contribution in [0.5, 0.6) is 0 Å². The molecule has 0 aliphatic carbocycles. The molecule has 3 heterocycles. The number of alkyl halides is 1. The van der Waals surface area contributed by atoms with E-state index in [0.717, 1.165) is 30.8 Å². The van der Waals surface area contributed by atoms with Crippen molar-refractivity contribution in [3.05, 3.63) is 24.5 Å². The van der Waals surface area contributed by atoms with Gasteiger partial charge in [-0.15, -0.1) is 11.6 Å². The molecule has 18 heavy (non-hydrogen) atoms. The Balaban J connectivity index is 1.90.